The molecule has 0 bridgehead atoms. The molecule has 1 N–H and O–H groups in total. The van der Waals surface area contributed by atoms with E-state index in [4.69, 9.17) is 5.11 Å². The summed E-state index contributed by atoms with van der Waals surface area (Å²) >= 11 is 0. The van der Waals surface area contributed by atoms with E-state index in [1.807, 2.05) is 0 Å². The Morgan fingerprint density at radius 3 is 2.61 bits per heavy atom. The van der Waals surface area contributed by atoms with Crippen molar-refractivity contribution in [3.8, 4) is 0 Å². The van der Waals surface area contributed by atoms with Crippen molar-refractivity contribution in [1.82, 2.24) is 4.90 Å². The van der Waals surface area contributed by atoms with Gasteiger partial charge in [0.05, 0.1) is 11.9 Å². The lowest BCUT2D eigenvalue weighted by molar-refractivity contribution is -0.137. The number of hydrogen-bond acceptors (Lipinski definition) is 4. The average molecular weight is 340 g/mol. The van der Waals surface area contributed by atoms with Gasteiger partial charge in [0.2, 0.25) is 10.0 Å². The molecule has 0 aromatic heterocycles. The first-order valence-corrected chi connectivity index (χ1v) is 9.20. The van der Waals surface area contributed by atoms with E-state index in [-0.39, 0.29) is 19.0 Å². The predicted molar refractivity (Wildman–Crippen MR) is 86.2 cm³/mol. The standard InChI is InChI=1S/C15H20N2O5S/c1-3-16(10-14(18)19)15(20)12-6-7-13-11(9-12)5-4-8-17(13)23(2,21)22/h6-7,9H,3-5,8,10H2,1-2H3,(H,18,19). The third-order valence-electron chi connectivity index (χ3n) is 3.80. The number of benzene rings is 1. The first kappa shape index (κ1) is 17.3. The zero-order valence-electron chi connectivity index (χ0n) is 13.2. The molecule has 2 rings (SSSR count). The Morgan fingerprint density at radius 2 is 2.04 bits per heavy atom. The summed E-state index contributed by atoms with van der Waals surface area (Å²) in [5, 5.41) is 8.86. The predicted octanol–water partition coefficient (Wildman–Crippen LogP) is 0.946. The first-order chi connectivity index (χ1) is 10.7. The number of carbonyl (C=O) groups excluding carboxylic acids is 1. The minimum absolute atomic E-state index is 0.289. The molecule has 0 saturated carbocycles. The van der Waals surface area contributed by atoms with Crippen LogP contribution in [0.15, 0.2) is 18.2 Å². The molecule has 0 spiro atoms. The number of anilines is 1. The number of amides is 1. The maximum atomic E-state index is 12.4. The molecular formula is C15H20N2O5S. The van der Waals surface area contributed by atoms with Crippen LogP contribution in [-0.2, 0) is 21.2 Å². The van der Waals surface area contributed by atoms with Crippen molar-refractivity contribution >= 4 is 27.6 Å². The normalized spacial score (nSPS) is 14.3. The van der Waals surface area contributed by atoms with E-state index in [0.29, 0.717) is 30.6 Å². The molecule has 8 heteroatoms. The number of likely N-dealkylation sites (N-methyl/N-ethyl adjacent to an activating group) is 1. The van der Waals surface area contributed by atoms with Gasteiger partial charge in [-0.05, 0) is 43.5 Å². The molecule has 1 aromatic carbocycles. The molecule has 1 amide bonds. The average Bonchev–Trinajstić information content (AvgIpc) is 2.49. The Kier molecular flexibility index (Phi) is 4.93. The fourth-order valence-corrected chi connectivity index (χ4v) is 3.71. The highest BCUT2D eigenvalue weighted by Crippen LogP contribution is 2.30. The second-order valence-corrected chi connectivity index (χ2v) is 7.40. The van der Waals surface area contributed by atoms with Crippen molar-refractivity contribution < 1.29 is 23.1 Å². The molecule has 0 saturated heterocycles. The van der Waals surface area contributed by atoms with Crippen LogP contribution in [0.2, 0.25) is 0 Å². The maximum Gasteiger partial charge on any atom is 0.323 e. The van der Waals surface area contributed by atoms with Gasteiger partial charge < -0.3 is 10.0 Å². The van der Waals surface area contributed by atoms with Crippen molar-refractivity contribution in [2.45, 2.75) is 19.8 Å². The third kappa shape index (κ3) is 3.82. The molecule has 23 heavy (non-hydrogen) atoms. The van der Waals surface area contributed by atoms with Gasteiger partial charge in [0.1, 0.15) is 6.54 Å². The van der Waals surface area contributed by atoms with Gasteiger partial charge in [-0.1, -0.05) is 0 Å². The molecule has 0 atom stereocenters. The lowest BCUT2D eigenvalue weighted by Crippen LogP contribution is -2.36. The van der Waals surface area contributed by atoms with E-state index in [9.17, 15) is 18.0 Å². The van der Waals surface area contributed by atoms with Crippen LogP contribution < -0.4 is 4.31 Å². The largest absolute Gasteiger partial charge is 0.480 e. The highest BCUT2D eigenvalue weighted by atomic mass is 32.2. The van der Waals surface area contributed by atoms with E-state index in [1.54, 1.807) is 25.1 Å². The second-order valence-electron chi connectivity index (χ2n) is 5.50. The Balaban J connectivity index is 2.34. The second kappa shape index (κ2) is 6.57. The lowest BCUT2D eigenvalue weighted by atomic mass is 10.0. The van der Waals surface area contributed by atoms with Crippen LogP contribution in [0.1, 0.15) is 29.3 Å². The number of nitrogens with zero attached hydrogens (tertiary/aromatic N) is 2. The van der Waals surface area contributed by atoms with Gasteiger partial charge in [-0.3, -0.25) is 13.9 Å². The molecule has 1 heterocycles. The van der Waals surface area contributed by atoms with Crippen molar-refractivity contribution in [2.24, 2.45) is 0 Å². The first-order valence-electron chi connectivity index (χ1n) is 7.35. The van der Waals surface area contributed by atoms with Crippen molar-refractivity contribution in [2.75, 3.05) is 30.2 Å². The van der Waals surface area contributed by atoms with E-state index in [1.165, 1.54) is 9.21 Å². The van der Waals surface area contributed by atoms with Crippen molar-refractivity contribution in [3.05, 3.63) is 29.3 Å². The summed E-state index contributed by atoms with van der Waals surface area (Å²) in [5.74, 6) is -1.43. The van der Waals surface area contributed by atoms with Gasteiger partial charge in [0.15, 0.2) is 0 Å². The lowest BCUT2D eigenvalue weighted by Gasteiger charge is -2.29. The Bertz CT molecular complexity index is 729. The molecule has 1 aliphatic heterocycles. The van der Waals surface area contributed by atoms with E-state index >= 15 is 0 Å². The molecule has 1 aromatic rings. The van der Waals surface area contributed by atoms with Crippen LogP contribution in [0.25, 0.3) is 0 Å². The van der Waals surface area contributed by atoms with Crippen LogP contribution in [0, 0.1) is 0 Å². The van der Waals surface area contributed by atoms with Crippen LogP contribution >= 0.6 is 0 Å². The van der Waals surface area contributed by atoms with E-state index in [2.05, 4.69) is 0 Å². The molecule has 126 valence electrons. The van der Waals surface area contributed by atoms with Crippen LogP contribution in [0.3, 0.4) is 0 Å². The molecule has 0 unspecified atom stereocenters. The zero-order valence-corrected chi connectivity index (χ0v) is 14.0. The van der Waals surface area contributed by atoms with Gasteiger partial charge in [-0.15, -0.1) is 0 Å². The molecule has 0 aliphatic carbocycles. The van der Waals surface area contributed by atoms with E-state index < -0.39 is 16.0 Å². The minimum atomic E-state index is -3.35. The van der Waals surface area contributed by atoms with Gasteiger partial charge in [-0.2, -0.15) is 0 Å². The number of sulfonamides is 1. The van der Waals surface area contributed by atoms with Crippen molar-refractivity contribution in [3.63, 3.8) is 0 Å². The SMILES string of the molecule is CCN(CC(=O)O)C(=O)c1ccc2c(c1)CCCN2S(C)(=O)=O. The number of aryl methyl sites for hydroxylation is 1. The van der Waals surface area contributed by atoms with Gasteiger partial charge in [0.25, 0.3) is 5.91 Å². The van der Waals surface area contributed by atoms with Gasteiger partial charge in [-0.25, -0.2) is 8.42 Å². The summed E-state index contributed by atoms with van der Waals surface area (Å²) < 4.78 is 25.0. The molecule has 7 nitrogen and oxygen atoms in total. The number of carboxylic acids is 1. The number of hydrogen-bond donors (Lipinski definition) is 1. The Morgan fingerprint density at radius 1 is 1.35 bits per heavy atom. The molecule has 0 radical (unpaired) electrons. The van der Waals surface area contributed by atoms with Crippen LogP contribution in [-0.4, -0.2) is 56.2 Å². The van der Waals surface area contributed by atoms with Gasteiger partial charge >= 0.3 is 5.97 Å². The highest BCUT2D eigenvalue weighted by Gasteiger charge is 2.25. The van der Waals surface area contributed by atoms with Crippen LogP contribution in [0.4, 0.5) is 5.69 Å². The molecular weight excluding hydrogens is 320 g/mol. The summed E-state index contributed by atoms with van der Waals surface area (Å²) in [4.78, 5) is 24.5. The smallest absolute Gasteiger partial charge is 0.323 e. The summed E-state index contributed by atoms with van der Waals surface area (Å²) in [7, 11) is -3.35. The summed E-state index contributed by atoms with van der Waals surface area (Å²) in [6, 6.07) is 4.84. The fourth-order valence-electron chi connectivity index (χ4n) is 2.71. The quantitative estimate of drug-likeness (QED) is 0.861. The topological polar surface area (TPSA) is 95.0 Å². The molecule has 1 aliphatic rings. The number of carboxylic acid groups (broad SMARTS) is 1. The molecule has 0 fully saturated rings. The number of rotatable bonds is 5. The maximum absolute atomic E-state index is 12.4. The summed E-state index contributed by atoms with van der Waals surface area (Å²) in [6.45, 7) is 2.07. The number of carbonyl (C=O) groups is 2. The zero-order chi connectivity index (χ0) is 17.2. The van der Waals surface area contributed by atoms with Crippen LogP contribution in [0.5, 0.6) is 0 Å². The Labute approximate surface area is 135 Å². The van der Waals surface area contributed by atoms with Gasteiger partial charge in [0, 0.05) is 18.7 Å². The highest BCUT2D eigenvalue weighted by molar-refractivity contribution is 7.92. The number of fused-ring (bicyclic) bond motifs is 1. The van der Waals surface area contributed by atoms with Crippen molar-refractivity contribution in [1.29, 1.82) is 0 Å². The van der Waals surface area contributed by atoms with E-state index in [0.717, 1.165) is 11.8 Å². The minimum Gasteiger partial charge on any atom is -0.480 e. The fraction of sp³-hybridized carbons (Fsp3) is 0.467. The monoisotopic (exact) mass is 340 g/mol. The third-order valence-corrected chi connectivity index (χ3v) is 4.98. The Hall–Kier alpha value is -2.09. The summed E-state index contributed by atoms with van der Waals surface area (Å²) in [6.07, 6.45) is 2.53. The summed E-state index contributed by atoms with van der Waals surface area (Å²) in [5.41, 5.74) is 1.76. The number of aliphatic carboxylic acids is 1.